The summed E-state index contributed by atoms with van der Waals surface area (Å²) in [5.41, 5.74) is 8.94. The maximum atomic E-state index is 13.4. The van der Waals surface area contributed by atoms with Crippen molar-refractivity contribution in [2.75, 3.05) is 87.0 Å². The van der Waals surface area contributed by atoms with E-state index in [9.17, 15) is 61.8 Å². The lowest BCUT2D eigenvalue weighted by atomic mass is 10.1. The molecule has 9 aromatic carbocycles. The highest BCUT2D eigenvalue weighted by Gasteiger charge is 2.40. The molecule has 2 atom stereocenters. The Morgan fingerprint density at radius 1 is 0.471 bits per heavy atom. The van der Waals surface area contributed by atoms with Crippen LogP contribution in [0.5, 0.6) is 23.0 Å². The van der Waals surface area contributed by atoms with Gasteiger partial charge in [-0.05, 0) is 246 Å². The second-order valence-electron chi connectivity index (χ2n) is 30.9. The van der Waals surface area contributed by atoms with Crippen LogP contribution in [0.1, 0.15) is 126 Å². The molecule has 0 spiro atoms. The number of ether oxygens (including phenoxy) is 7. The van der Waals surface area contributed by atoms with Gasteiger partial charge >= 0.3 is 35.8 Å². The Bertz CT molecular complexity index is 6650. The lowest BCUT2D eigenvalue weighted by Gasteiger charge is -2.23. The summed E-state index contributed by atoms with van der Waals surface area (Å²) in [5, 5.41) is 48.7. The zero-order chi connectivity index (χ0) is 98.8. The number of hydrogen-bond donors (Lipinski definition) is 5. The van der Waals surface area contributed by atoms with Crippen LogP contribution in [0.2, 0.25) is 20.1 Å². The number of methoxy groups -OCH3 is 4. The number of aryl methyl sites for hydroxylation is 1. The summed E-state index contributed by atoms with van der Waals surface area (Å²) in [6, 6.07) is 52.9. The molecule has 14 rings (SSSR count). The summed E-state index contributed by atoms with van der Waals surface area (Å²) in [7, 11) is 2.30. The number of halogens is 4. The van der Waals surface area contributed by atoms with Gasteiger partial charge < -0.3 is 63.6 Å². The number of carbonyl (C=O) groups excluding carboxylic acids is 7. The third kappa shape index (κ3) is 26.7. The molecular weight excluding hydrogens is 1890 g/mol. The topological polar surface area (TPSA) is 384 Å². The van der Waals surface area contributed by atoms with Crippen LogP contribution in [-0.4, -0.2) is 209 Å². The predicted molar refractivity (Wildman–Crippen MR) is 523 cm³/mol. The SMILES string of the molecule is COc1ccc2c(c1)=C(C(=O)OCCCSC(=S)N1CCCC1C(=O)O)C(C)[N+]=2C(=O)c1ccc(Cl)cc1.COc1ccc2c(c1)c(CC(=O)O)c(C)n2C(=O)c1ccc(Cl)cc1.COc1ccc2c(c1)c(CC(=O)OCCCO)c(C)n2C(=O)c1ccc(Cl)cc1.COc1ccc2c(c1)c(CC(=O)OCCCOS(=O)(=O)c1ccc(C)cc1)c(C)n2C(=O)c1ccc(Cl)cc1.OCCCO. The highest BCUT2D eigenvalue weighted by atomic mass is 35.5. The number of aliphatic hydroxyl groups excluding tert-OH is 3. The number of carboxylic acids is 2. The second kappa shape index (κ2) is 50.0. The molecular formula is C100H102Cl4N5O24S3+. The van der Waals surface area contributed by atoms with Gasteiger partial charge in [0.15, 0.2) is 6.04 Å². The number of benzene rings is 9. The summed E-state index contributed by atoms with van der Waals surface area (Å²) in [5.74, 6) is -1.24. The van der Waals surface area contributed by atoms with Crippen LogP contribution in [0.3, 0.4) is 0 Å². The van der Waals surface area contributed by atoms with Crippen molar-refractivity contribution in [3.63, 3.8) is 0 Å². The first-order chi connectivity index (χ1) is 65.1. The van der Waals surface area contributed by atoms with Gasteiger partial charge in [0.25, 0.3) is 27.8 Å². The molecule has 1 fully saturated rings. The first kappa shape index (κ1) is 106. The Morgan fingerprint density at radius 3 is 1.26 bits per heavy atom. The van der Waals surface area contributed by atoms with Gasteiger partial charge in [0, 0.05) is 128 Å². The largest absolute Gasteiger partial charge is 0.497 e. The first-order valence-corrected chi connectivity index (χ1v) is 47.2. The summed E-state index contributed by atoms with van der Waals surface area (Å²) in [6.45, 7) is 9.92. The van der Waals surface area contributed by atoms with Gasteiger partial charge in [0.2, 0.25) is 5.36 Å². The first-order valence-electron chi connectivity index (χ1n) is 42.9. The van der Waals surface area contributed by atoms with Crippen molar-refractivity contribution in [3.05, 3.63) is 286 Å². The zero-order valence-corrected chi connectivity index (χ0v) is 81.3. The van der Waals surface area contributed by atoms with Crippen molar-refractivity contribution in [1.29, 1.82) is 0 Å². The number of fused-ring (bicyclic) bond motifs is 4. The Kier molecular flexibility index (Phi) is 38.9. The number of thiocarbonyl (C=S) groups is 1. The average molecular weight is 2000 g/mol. The summed E-state index contributed by atoms with van der Waals surface area (Å²) in [6.07, 6.45) is 2.78. The molecule has 5 N–H and O–H groups in total. The number of rotatable bonds is 31. The number of carbonyl (C=O) groups is 9. The highest BCUT2D eigenvalue weighted by molar-refractivity contribution is 8.22. The molecule has 0 saturated carbocycles. The number of hydrogen-bond acceptors (Lipinski definition) is 24. The summed E-state index contributed by atoms with van der Waals surface area (Å²) >= 11 is 30.6. The Labute approximate surface area is 814 Å². The van der Waals surface area contributed by atoms with E-state index in [2.05, 4.69) is 0 Å². The van der Waals surface area contributed by atoms with E-state index in [4.69, 9.17) is 111 Å². The molecule has 5 heterocycles. The number of carboxylic acid groups (broad SMARTS) is 2. The maximum Gasteiger partial charge on any atom is 0.420 e. The smallest absolute Gasteiger partial charge is 0.420 e. The number of likely N-dealkylation sites (tertiary alicyclic amines) is 1. The van der Waals surface area contributed by atoms with Crippen molar-refractivity contribution >= 4 is 177 Å². The Hall–Kier alpha value is -12.3. The van der Waals surface area contributed by atoms with Gasteiger partial charge in [0.1, 0.15) is 38.9 Å². The van der Waals surface area contributed by atoms with E-state index in [1.807, 2.05) is 13.0 Å². The van der Waals surface area contributed by atoms with Crippen LogP contribution in [0.4, 0.5) is 0 Å². The van der Waals surface area contributed by atoms with E-state index in [0.29, 0.717) is 185 Å². The lowest BCUT2D eigenvalue weighted by Crippen LogP contribution is -2.41. The van der Waals surface area contributed by atoms with Crippen LogP contribution in [0, 0.1) is 27.7 Å². The number of aromatic nitrogens is 3. The van der Waals surface area contributed by atoms with Crippen molar-refractivity contribution in [1.82, 2.24) is 23.2 Å². The minimum Gasteiger partial charge on any atom is -0.497 e. The van der Waals surface area contributed by atoms with Crippen molar-refractivity contribution in [2.24, 2.45) is 0 Å². The quantitative estimate of drug-likeness (QED) is 0.00673. The fourth-order valence-electron chi connectivity index (χ4n) is 15.2. The zero-order valence-electron chi connectivity index (χ0n) is 75.8. The highest BCUT2D eigenvalue weighted by Crippen LogP contribution is 2.36. The molecule has 2 aliphatic heterocycles. The number of nitrogens with zero attached hydrogens (tertiary/aromatic N) is 5. The van der Waals surface area contributed by atoms with Gasteiger partial charge in [-0.25, -0.2) is 14.4 Å². The molecule has 1 saturated heterocycles. The van der Waals surface area contributed by atoms with E-state index < -0.39 is 52.0 Å². The van der Waals surface area contributed by atoms with Crippen molar-refractivity contribution < 1.29 is 114 Å². The molecule has 0 bridgehead atoms. The van der Waals surface area contributed by atoms with Crippen LogP contribution in [0.25, 0.3) is 38.3 Å². The van der Waals surface area contributed by atoms with E-state index in [1.165, 1.54) is 35.6 Å². The minimum atomic E-state index is -3.89. The average Bonchev–Trinajstić information content (AvgIpc) is 1.61. The van der Waals surface area contributed by atoms with E-state index >= 15 is 0 Å². The third-order valence-corrected chi connectivity index (χ3v) is 26.0. The lowest BCUT2D eigenvalue weighted by molar-refractivity contribution is -0.144. The molecule has 3 aromatic heterocycles. The fraction of sp³-hybridized carbons (Fsp3) is 0.290. The molecule has 29 nitrogen and oxygen atoms in total. The van der Waals surface area contributed by atoms with E-state index in [-0.39, 0.29) is 100 Å². The number of amides is 1. The van der Waals surface area contributed by atoms with Gasteiger partial charge in [-0.3, -0.25) is 46.7 Å². The molecule has 36 heteroatoms. The Balaban J connectivity index is 0.000000187. The van der Waals surface area contributed by atoms with Gasteiger partial charge in [-0.15, -0.1) is 4.58 Å². The van der Waals surface area contributed by atoms with Gasteiger partial charge in [0.05, 0.1) is 106 Å². The van der Waals surface area contributed by atoms with Crippen LogP contribution in [0.15, 0.2) is 199 Å². The molecule has 136 heavy (non-hydrogen) atoms. The number of esters is 3. The van der Waals surface area contributed by atoms with Crippen LogP contribution in [-0.2, 0) is 71.7 Å². The van der Waals surface area contributed by atoms with Crippen LogP contribution >= 0.6 is 70.4 Å². The van der Waals surface area contributed by atoms with Crippen LogP contribution < -0.4 is 34.1 Å². The maximum absolute atomic E-state index is 13.4. The summed E-state index contributed by atoms with van der Waals surface area (Å²) < 4.78 is 73.9. The number of aliphatic carboxylic acids is 2. The van der Waals surface area contributed by atoms with Gasteiger partial charge in [-0.1, -0.05) is 88.1 Å². The number of aliphatic hydroxyl groups is 3. The minimum absolute atomic E-state index is 0.0157. The standard InChI is InChI=1S/C29H28ClNO7S.C27H27ClN2O6S2.C22H22ClNO5.C19H16ClNO4.C3H8O2/c1-19-5-12-24(13-6-19)39(34,35)38-16-4-15-37-28(32)18-25-20(2)31(27-14-11-23(36-3)17-26(25)27)29(33)21-7-9-22(30)10-8-21;1-16-23(26(34)36-13-4-14-38-27(37)29-12-3-5-22(29)25(32)33)20-15-19(35-2)10-11-21(20)30(16)24(31)17-6-8-18(28)9-7-17;1-14-18(13-21(26)29-11-3-10-25)19-12-17(28-2)8-9-20(19)24(14)22(27)15-4-6-16(23)7-5-15;1-11-15(10-18(22)23)16-9-14(25-2)7-8-17(16)21(11)19(24)12-3-5-13(20)6-4-12;4-2-1-3-5/h5-14,17H,4,15-16,18H2,1-3H3;6-11,15-16,22H,3-5,12-14H2,1-2H3;4-9,12,25H,3,10-11,13H2,1-2H3;3-9H,10H2,1-2H3,(H,22,23);4-5H,1-3H2/p+1. The molecule has 716 valence electrons. The fourth-order valence-corrected chi connectivity index (χ4v) is 17.9. The normalized spacial score (nSPS) is 13.0. The van der Waals surface area contributed by atoms with Crippen molar-refractivity contribution in [2.45, 2.75) is 109 Å². The molecule has 0 aliphatic carbocycles. The molecule has 1 amide bonds. The molecule has 2 unspecified atom stereocenters. The molecule has 2 aliphatic rings. The van der Waals surface area contributed by atoms with E-state index in [1.54, 1.807) is 244 Å². The van der Waals surface area contributed by atoms with E-state index in [0.717, 1.165) is 17.4 Å². The molecule has 12 aromatic rings. The monoisotopic (exact) mass is 1990 g/mol. The predicted octanol–water partition coefficient (Wildman–Crippen LogP) is 15.3. The van der Waals surface area contributed by atoms with Crippen molar-refractivity contribution in [3.8, 4) is 23.0 Å². The second-order valence-corrected chi connectivity index (χ2v) is 36.0. The Morgan fingerprint density at radius 2 is 0.860 bits per heavy atom. The third-order valence-electron chi connectivity index (χ3n) is 22.1. The summed E-state index contributed by atoms with van der Waals surface area (Å²) in [4.78, 5) is 116. The van der Waals surface area contributed by atoms with Gasteiger partial charge in [-0.2, -0.15) is 8.42 Å². The molecule has 0 radical (unpaired) electrons. The number of thioether (sulfide) groups is 1.